The lowest BCUT2D eigenvalue weighted by Gasteiger charge is -2.28. The van der Waals surface area contributed by atoms with Crippen molar-refractivity contribution in [1.82, 2.24) is 10.6 Å². The second-order valence-electron chi connectivity index (χ2n) is 5.86. The summed E-state index contributed by atoms with van der Waals surface area (Å²) in [5.41, 5.74) is 0. The first-order valence-corrected chi connectivity index (χ1v) is 8.93. The van der Waals surface area contributed by atoms with Crippen LogP contribution in [0.5, 0.6) is 0 Å². The van der Waals surface area contributed by atoms with Gasteiger partial charge in [-0.15, -0.1) is 0 Å². The lowest BCUT2D eigenvalue weighted by Crippen LogP contribution is -2.48. The highest BCUT2D eigenvalue weighted by Crippen LogP contribution is 2.25. The van der Waals surface area contributed by atoms with Crippen molar-refractivity contribution in [2.75, 3.05) is 12.3 Å². The Balaban J connectivity index is 1.83. The molecule has 1 heterocycles. The molecule has 0 aromatic rings. The number of carbonyl (C=O) groups is 1. The summed E-state index contributed by atoms with van der Waals surface area (Å²) < 4.78 is 24.2. The zero-order chi connectivity index (χ0) is 13.9. The Kier molecular flexibility index (Phi) is 4.84. The molecule has 1 aliphatic carbocycles. The summed E-state index contributed by atoms with van der Waals surface area (Å²) in [4.78, 5) is 11.9. The first-order chi connectivity index (χ1) is 8.97. The number of nitrogens with one attached hydrogen (secondary N) is 2. The van der Waals surface area contributed by atoms with Crippen molar-refractivity contribution in [1.29, 1.82) is 0 Å². The maximum Gasteiger partial charge on any atom is 0.235 e. The zero-order valence-corrected chi connectivity index (χ0v) is 12.3. The lowest BCUT2D eigenvalue weighted by atomic mass is 10.0. The van der Waals surface area contributed by atoms with Gasteiger partial charge in [0, 0.05) is 12.1 Å². The average molecular weight is 288 g/mol. The fraction of sp³-hybridized carbons (Fsp3) is 0.923. The van der Waals surface area contributed by atoms with Crippen LogP contribution in [0.2, 0.25) is 0 Å². The van der Waals surface area contributed by atoms with Gasteiger partial charge in [-0.3, -0.25) is 4.79 Å². The Hall–Kier alpha value is -0.620. The highest BCUT2D eigenvalue weighted by Gasteiger charge is 2.31. The molecule has 0 aromatic heterocycles. The fourth-order valence-corrected chi connectivity index (χ4v) is 4.82. The Labute approximate surface area is 115 Å². The van der Waals surface area contributed by atoms with Crippen LogP contribution in [0.1, 0.15) is 45.4 Å². The number of sulfone groups is 1. The summed E-state index contributed by atoms with van der Waals surface area (Å²) in [6.07, 6.45) is 5.13. The largest absolute Gasteiger partial charge is 0.352 e. The Bertz CT molecular complexity index is 416. The van der Waals surface area contributed by atoms with Crippen LogP contribution in [0.3, 0.4) is 0 Å². The molecule has 0 bridgehead atoms. The topological polar surface area (TPSA) is 75.3 Å². The number of carbonyl (C=O) groups excluding carboxylic acids is 1. The van der Waals surface area contributed by atoms with Gasteiger partial charge in [-0.25, -0.2) is 8.42 Å². The standard InChI is InChI=1S/C13H24N2O3S/c1-10-8-11(6-7-14-10)15-13(16)9-19(17,18)12-4-2-3-5-12/h10-12,14H,2-9H2,1H3,(H,15,16). The van der Waals surface area contributed by atoms with Gasteiger partial charge < -0.3 is 10.6 Å². The fourth-order valence-electron chi connectivity index (χ4n) is 3.08. The summed E-state index contributed by atoms with van der Waals surface area (Å²) in [6, 6.07) is 0.494. The van der Waals surface area contributed by atoms with Crippen LogP contribution in [0.25, 0.3) is 0 Å². The minimum absolute atomic E-state index is 0.113. The van der Waals surface area contributed by atoms with Gasteiger partial charge in [-0.05, 0) is 39.2 Å². The van der Waals surface area contributed by atoms with Crippen LogP contribution >= 0.6 is 0 Å². The average Bonchev–Trinajstić information content (AvgIpc) is 2.81. The molecule has 1 aliphatic heterocycles. The molecule has 0 radical (unpaired) electrons. The normalized spacial score (nSPS) is 29.3. The molecule has 5 nitrogen and oxygen atoms in total. The molecule has 2 N–H and O–H groups in total. The second-order valence-corrected chi connectivity index (χ2v) is 8.14. The second kappa shape index (κ2) is 6.22. The molecule has 110 valence electrons. The molecular weight excluding hydrogens is 264 g/mol. The number of piperidine rings is 1. The SMILES string of the molecule is CC1CC(NC(=O)CS(=O)(=O)C2CCCC2)CCN1. The smallest absolute Gasteiger partial charge is 0.235 e. The molecule has 0 spiro atoms. The summed E-state index contributed by atoms with van der Waals surface area (Å²) in [5.74, 6) is -0.665. The molecule has 1 saturated carbocycles. The third-order valence-corrected chi connectivity index (χ3v) is 6.28. The maximum absolute atomic E-state index is 12.1. The van der Waals surface area contributed by atoms with E-state index < -0.39 is 9.84 Å². The van der Waals surface area contributed by atoms with Gasteiger partial charge in [-0.2, -0.15) is 0 Å². The number of hydrogen-bond donors (Lipinski definition) is 2. The summed E-state index contributed by atoms with van der Waals surface area (Å²) in [5, 5.41) is 5.89. The quantitative estimate of drug-likeness (QED) is 0.794. The van der Waals surface area contributed by atoms with Gasteiger partial charge in [0.05, 0.1) is 5.25 Å². The van der Waals surface area contributed by atoms with Crippen LogP contribution < -0.4 is 10.6 Å². The van der Waals surface area contributed by atoms with Crippen LogP contribution in [-0.2, 0) is 14.6 Å². The Morgan fingerprint density at radius 3 is 2.58 bits per heavy atom. The van der Waals surface area contributed by atoms with Crippen molar-refractivity contribution < 1.29 is 13.2 Å². The monoisotopic (exact) mass is 288 g/mol. The van der Waals surface area contributed by atoms with E-state index in [-0.39, 0.29) is 23.0 Å². The van der Waals surface area contributed by atoms with Crippen LogP contribution in [0.15, 0.2) is 0 Å². The highest BCUT2D eigenvalue weighted by molar-refractivity contribution is 7.92. The highest BCUT2D eigenvalue weighted by atomic mass is 32.2. The summed E-state index contributed by atoms with van der Waals surface area (Å²) in [7, 11) is -3.25. The first-order valence-electron chi connectivity index (χ1n) is 7.21. The van der Waals surface area contributed by atoms with Crippen molar-refractivity contribution in [3.63, 3.8) is 0 Å². The minimum atomic E-state index is -3.25. The van der Waals surface area contributed by atoms with Crippen molar-refractivity contribution in [2.45, 2.75) is 62.8 Å². The molecular formula is C13H24N2O3S. The number of amides is 1. The molecule has 19 heavy (non-hydrogen) atoms. The Morgan fingerprint density at radius 1 is 1.26 bits per heavy atom. The van der Waals surface area contributed by atoms with Gasteiger partial charge in [0.1, 0.15) is 5.75 Å². The van der Waals surface area contributed by atoms with Gasteiger partial charge in [0.2, 0.25) is 5.91 Å². The van der Waals surface area contributed by atoms with Crippen molar-refractivity contribution in [2.24, 2.45) is 0 Å². The van der Waals surface area contributed by atoms with Gasteiger partial charge in [0.15, 0.2) is 9.84 Å². The van der Waals surface area contributed by atoms with E-state index in [9.17, 15) is 13.2 Å². The lowest BCUT2D eigenvalue weighted by molar-refractivity contribution is -0.119. The van der Waals surface area contributed by atoms with Crippen LogP contribution in [0, 0.1) is 0 Å². The third-order valence-electron chi connectivity index (χ3n) is 4.13. The first kappa shape index (κ1) is 14.8. The summed E-state index contributed by atoms with van der Waals surface area (Å²) in [6.45, 7) is 2.95. The van der Waals surface area contributed by atoms with Gasteiger partial charge in [0.25, 0.3) is 0 Å². The molecule has 1 saturated heterocycles. The van der Waals surface area contributed by atoms with Crippen molar-refractivity contribution in [3.05, 3.63) is 0 Å². The van der Waals surface area contributed by atoms with E-state index in [0.29, 0.717) is 6.04 Å². The molecule has 2 unspecified atom stereocenters. The van der Waals surface area contributed by atoms with E-state index in [4.69, 9.17) is 0 Å². The molecule has 6 heteroatoms. The van der Waals surface area contributed by atoms with Crippen molar-refractivity contribution >= 4 is 15.7 Å². The van der Waals surface area contributed by atoms with Crippen molar-refractivity contribution in [3.8, 4) is 0 Å². The van der Waals surface area contributed by atoms with Crippen LogP contribution in [-0.4, -0.2) is 44.0 Å². The molecule has 2 aliphatic rings. The molecule has 2 atom stereocenters. The molecule has 0 aromatic carbocycles. The minimum Gasteiger partial charge on any atom is -0.352 e. The predicted molar refractivity (Wildman–Crippen MR) is 74.7 cm³/mol. The zero-order valence-electron chi connectivity index (χ0n) is 11.5. The maximum atomic E-state index is 12.1. The van der Waals surface area contributed by atoms with E-state index in [2.05, 4.69) is 17.6 Å². The molecule has 1 amide bonds. The van der Waals surface area contributed by atoms with Gasteiger partial charge in [-0.1, -0.05) is 12.8 Å². The van der Waals surface area contributed by atoms with E-state index >= 15 is 0 Å². The van der Waals surface area contributed by atoms with E-state index in [1.165, 1.54) is 0 Å². The van der Waals surface area contributed by atoms with Crippen LogP contribution in [0.4, 0.5) is 0 Å². The van der Waals surface area contributed by atoms with E-state index in [1.54, 1.807) is 0 Å². The number of rotatable bonds is 4. The van der Waals surface area contributed by atoms with E-state index in [1.807, 2.05) is 0 Å². The van der Waals surface area contributed by atoms with E-state index in [0.717, 1.165) is 45.1 Å². The molecule has 2 rings (SSSR count). The Morgan fingerprint density at radius 2 is 1.95 bits per heavy atom. The van der Waals surface area contributed by atoms with Gasteiger partial charge >= 0.3 is 0 Å². The number of hydrogen-bond acceptors (Lipinski definition) is 4. The molecule has 2 fully saturated rings. The summed E-state index contributed by atoms with van der Waals surface area (Å²) >= 11 is 0. The predicted octanol–water partition coefficient (Wildman–Crippen LogP) is 0.600. The third kappa shape index (κ3) is 4.18.